The molecule has 0 saturated carbocycles. The van der Waals surface area contributed by atoms with Crippen LogP contribution in [0.2, 0.25) is 0 Å². The van der Waals surface area contributed by atoms with Crippen molar-refractivity contribution in [3.8, 4) is 11.5 Å². The van der Waals surface area contributed by atoms with Gasteiger partial charge in [0.25, 0.3) is 0 Å². The largest absolute Gasteiger partial charge is 0.496 e. The van der Waals surface area contributed by atoms with Crippen LogP contribution >= 0.6 is 0 Å². The van der Waals surface area contributed by atoms with Crippen molar-refractivity contribution in [3.63, 3.8) is 0 Å². The molecule has 3 rings (SSSR count). The maximum absolute atomic E-state index is 13.1. The van der Waals surface area contributed by atoms with Gasteiger partial charge >= 0.3 is 0 Å². The van der Waals surface area contributed by atoms with Gasteiger partial charge in [-0.2, -0.15) is 0 Å². The van der Waals surface area contributed by atoms with E-state index in [1.807, 2.05) is 24.3 Å². The van der Waals surface area contributed by atoms with Crippen molar-refractivity contribution in [1.29, 1.82) is 0 Å². The summed E-state index contributed by atoms with van der Waals surface area (Å²) < 4.78 is 24.4. The first kappa shape index (κ1) is 11.8. The highest BCUT2D eigenvalue weighted by molar-refractivity contribution is 5.58. The highest BCUT2D eigenvalue weighted by atomic mass is 19.1. The summed E-state index contributed by atoms with van der Waals surface area (Å²) in [7, 11) is 1.64. The Morgan fingerprint density at radius 1 is 1.26 bits per heavy atom. The average Bonchev–Trinajstić information content (AvgIpc) is 2.46. The molecule has 3 nitrogen and oxygen atoms in total. The number of methoxy groups -OCH3 is 1. The lowest BCUT2D eigenvalue weighted by atomic mass is 10.1. The van der Waals surface area contributed by atoms with E-state index < -0.39 is 0 Å². The predicted octanol–water partition coefficient (Wildman–Crippen LogP) is 3.38. The highest BCUT2D eigenvalue weighted by Crippen LogP contribution is 2.37. The molecule has 0 spiro atoms. The fourth-order valence-electron chi connectivity index (χ4n) is 2.25. The van der Waals surface area contributed by atoms with Crippen LogP contribution in [-0.4, -0.2) is 13.7 Å². The Bertz CT molecular complexity index is 600. The third-order valence-electron chi connectivity index (χ3n) is 3.17. The minimum absolute atomic E-state index is 0.144. The van der Waals surface area contributed by atoms with Gasteiger partial charge in [-0.3, -0.25) is 0 Å². The van der Waals surface area contributed by atoms with Crippen LogP contribution in [0.3, 0.4) is 0 Å². The molecule has 0 aromatic heterocycles. The summed E-state index contributed by atoms with van der Waals surface area (Å²) in [5.41, 5.74) is 1.67. The number of fused-ring (bicyclic) bond motifs is 1. The summed E-state index contributed by atoms with van der Waals surface area (Å²) in [6.45, 7) is 0.580. The second-order valence-electron chi connectivity index (χ2n) is 4.37. The Labute approximate surface area is 111 Å². The van der Waals surface area contributed by atoms with Crippen molar-refractivity contribution < 1.29 is 13.9 Å². The SMILES string of the molecule is COc1ccccc1C1CNc2cc(F)ccc2O1. The number of halogens is 1. The molecule has 0 aliphatic carbocycles. The monoisotopic (exact) mass is 259 g/mol. The number of nitrogens with one attached hydrogen (secondary N) is 1. The summed E-state index contributed by atoms with van der Waals surface area (Å²) in [5, 5.41) is 3.18. The molecule has 0 amide bonds. The Morgan fingerprint density at radius 2 is 2.11 bits per heavy atom. The van der Waals surface area contributed by atoms with Gasteiger partial charge in [0.05, 0.1) is 19.3 Å². The van der Waals surface area contributed by atoms with Crippen LogP contribution in [0, 0.1) is 5.82 Å². The van der Waals surface area contributed by atoms with Gasteiger partial charge in [0, 0.05) is 11.6 Å². The van der Waals surface area contributed by atoms with E-state index in [0.717, 1.165) is 11.3 Å². The van der Waals surface area contributed by atoms with Crippen molar-refractivity contribution >= 4 is 5.69 Å². The van der Waals surface area contributed by atoms with Crippen LogP contribution in [0.1, 0.15) is 11.7 Å². The van der Waals surface area contributed by atoms with E-state index >= 15 is 0 Å². The summed E-state index contributed by atoms with van der Waals surface area (Å²) in [6.07, 6.45) is -0.144. The molecule has 1 aliphatic rings. The Balaban J connectivity index is 1.91. The molecule has 0 bridgehead atoms. The van der Waals surface area contributed by atoms with E-state index in [1.165, 1.54) is 12.1 Å². The van der Waals surface area contributed by atoms with Crippen LogP contribution in [0.15, 0.2) is 42.5 Å². The minimum Gasteiger partial charge on any atom is -0.496 e. The summed E-state index contributed by atoms with van der Waals surface area (Å²) in [4.78, 5) is 0. The molecule has 1 N–H and O–H groups in total. The number of rotatable bonds is 2. The maximum Gasteiger partial charge on any atom is 0.145 e. The van der Waals surface area contributed by atoms with Crippen molar-refractivity contribution in [2.45, 2.75) is 6.10 Å². The standard InChI is InChI=1S/C15H14FNO2/c1-18-13-5-3-2-4-11(13)15-9-17-12-8-10(16)6-7-14(12)19-15/h2-8,15,17H,9H2,1H3. The molecule has 1 unspecified atom stereocenters. The first-order chi connectivity index (χ1) is 9.28. The molecule has 1 aliphatic heterocycles. The van der Waals surface area contributed by atoms with E-state index in [-0.39, 0.29) is 11.9 Å². The van der Waals surface area contributed by atoms with Crippen LogP contribution in [0.25, 0.3) is 0 Å². The van der Waals surface area contributed by atoms with Crippen molar-refractivity contribution in [2.24, 2.45) is 0 Å². The fraction of sp³-hybridized carbons (Fsp3) is 0.200. The zero-order valence-corrected chi connectivity index (χ0v) is 10.5. The lowest BCUT2D eigenvalue weighted by Crippen LogP contribution is -2.24. The molecule has 0 radical (unpaired) electrons. The van der Waals surface area contributed by atoms with Gasteiger partial charge in [0.2, 0.25) is 0 Å². The maximum atomic E-state index is 13.1. The molecule has 0 fully saturated rings. The van der Waals surface area contributed by atoms with Crippen molar-refractivity contribution in [3.05, 3.63) is 53.8 Å². The first-order valence-corrected chi connectivity index (χ1v) is 6.11. The Kier molecular flexibility index (Phi) is 2.99. The molecular formula is C15H14FNO2. The van der Waals surface area contributed by atoms with Gasteiger partial charge in [0.15, 0.2) is 0 Å². The number of ether oxygens (including phenoxy) is 2. The zero-order valence-electron chi connectivity index (χ0n) is 10.5. The molecule has 98 valence electrons. The number of anilines is 1. The zero-order chi connectivity index (χ0) is 13.2. The lowest BCUT2D eigenvalue weighted by molar-refractivity contribution is 0.205. The third-order valence-corrected chi connectivity index (χ3v) is 3.17. The molecule has 1 atom stereocenters. The molecular weight excluding hydrogens is 245 g/mol. The number of benzene rings is 2. The van der Waals surface area contributed by atoms with Crippen LogP contribution in [-0.2, 0) is 0 Å². The lowest BCUT2D eigenvalue weighted by Gasteiger charge is -2.28. The van der Waals surface area contributed by atoms with Crippen molar-refractivity contribution in [2.75, 3.05) is 19.0 Å². The number of hydrogen-bond acceptors (Lipinski definition) is 3. The summed E-state index contributed by atoms with van der Waals surface area (Å²) in [5.74, 6) is 1.18. The molecule has 1 heterocycles. The van der Waals surface area contributed by atoms with E-state index in [2.05, 4.69) is 5.32 Å². The molecule has 2 aromatic carbocycles. The number of hydrogen-bond donors (Lipinski definition) is 1. The highest BCUT2D eigenvalue weighted by Gasteiger charge is 2.23. The summed E-state index contributed by atoms with van der Waals surface area (Å²) >= 11 is 0. The quantitative estimate of drug-likeness (QED) is 0.896. The first-order valence-electron chi connectivity index (χ1n) is 6.11. The normalized spacial score (nSPS) is 17.1. The van der Waals surface area contributed by atoms with Crippen LogP contribution in [0.4, 0.5) is 10.1 Å². The van der Waals surface area contributed by atoms with Crippen LogP contribution < -0.4 is 14.8 Å². The van der Waals surface area contributed by atoms with Gasteiger partial charge in [-0.1, -0.05) is 18.2 Å². The van der Waals surface area contributed by atoms with Gasteiger partial charge in [-0.05, 0) is 18.2 Å². The van der Waals surface area contributed by atoms with Gasteiger partial charge in [0.1, 0.15) is 23.4 Å². The molecule has 19 heavy (non-hydrogen) atoms. The van der Waals surface area contributed by atoms with E-state index in [9.17, 15) is 4.39 Å². The minimum atomic E-state index is -0.273. The Hall–Kier alpha value is -2.23. The van der Waals surface area contributed by atoms with Gasteiger partial charge in [-0.25, -0.2) is 4.39 Å². The van der Waals surface area contributed by atoms with E-state index in [1.54, 1.807) is 13.2 Å². The Morgan fingerprint density at radius 3 is 2.95 bits per heavy atom. The average molecular weight is 259 g/mol. The van der Waals surface area contributed by atoms with Crippen LogP contribution in [0.5, 0.6) is 11.5 Å². The third kappa shape index (κ3) is 2.21. The molecule has 0 saturated heterocycles. The molecule has 2 aromatic rings. The van der Waals surface area contributed by atoms with Crippen molar-refractivity contribution in [1.82, 2.24) is 0 Å². The molecule has 4 heteroatoms. The summed E-state index contributed by atoms with van der Waals surface area (Å²) in [6, 6.07) is 12.2. The van der Waals surface area contributed by atoms with Gasteiger partial charge in [-0.15, -0.1) is 0 Å². The second kappa shape index (κ2) is 4.80. The fourth-order valence-corrected chi connectivity index (χ4v) is 2.25. The van der Waals surface area contributed by atoms with Gasteiger partial charge < -0.3 is 14.8 Å². The second-order valence-corrected chi connectivity index (χ2v) is 4.37. The smallest absolute Gasteiger partial charge is 0.145 e. The predicted molar refractivity (Wildman–Crippen MR) is 71.3 cm³/mol. The van der Waals surface area contributed by atoms with E-state index in [0.29, 0.717) is 18.0 Å². The van der Waals surface area contributed by atoms with E-state index in [4.69, 9.17) is 9.47 Å². The number of para-hydroxylation sites is 1. The topological polar surface area (TPSA) is 30.5 Å².